The molecule has 0 radical (unpaired) electrons. The quantitative estimate of drug-likeness (QED) is 0.591. The lowest BCUT2D eigenvalue weighted by Crippen LogP contribution is -2.43. The molecule has 17 heavy (non-hydrogen) atoms. The number of carbonyl (C=O) groups excluding carboxylic acids is 1. The maximum Gasteiger partial charge on any atom is 0.317 e. The number of carbonyl (C=O) groups is 1. The Labute approximate surface area is 99.8 Å². The second kappa shape index (κ2) is 4.58. The number of halogens is 1. The van der Waals surface area contributed by atoms with Crippen molar-refractivity contribution in [3.05, 3.63) is 35.6 Å². The van der Waals surface area contributed by atoms with Crippen LogP contribution in [0.4, 0.5) is 4.39 Å². The van der Waals surface area contributed by atoms with Crippen LogP contribution in [0.3, 0.4) is 0 Å². The van der Waals surface area contributed by atoms with Gasteiger partial charge in [-0.25, -0.2) is 4.39 Å². The highest BCUT2D eigenvalue weighted by Crippen LogP contribution is 2.44. The Morgan fingerprint density at radius 3 is 2.53 bits per heavy atom. The van der Waals surface area contributed by atoms with Gasteiger partial charge in [-0.05, 0) is 30.5 Å². The fraction of sp³-hybridized carbons (Fsp3) is 0.357. The van der Waals surface area contributed by atoms with E-state index < -0.39 is 5.41 Å². The second-order valence-corrected chi connectivity index (χ2v) is 4.22. The van der Waals surface area contributed by atoms with Gasteiger partial charge in [0.1, 0.15) is 5.82 Å². The third kappa shape index (κ3) is 2.03. The number of esters is 1. The van der Waals surface area contributed by atoms with Crippen molar-refractivity contribution in [3.63, 3.8) is 0 Å². The van der Waals surface area contributed by atoms with E-state index in [1.165, 1.54) is 12.1 Å². The molecule has 2 nitrogen and oxygen atoms in total. The van der Waals surface area contributed by atoms with E-state index in [2.05, 4.69) is 5.92 Å². The Bertz CT molecular complexity index is 452. The Morgan fingerprint density at radius 1 is 1.41 bits per heavy atom. The van der Waals surface area contributed by atoms with Crippen molar-refractivity contribution in [1.82, 2.24) is 0 Å². The fourth-order valence-electron chi connectivity index (χ4n) is 2.16. The van der Waals surface area contributed by atoms with Crippen molar-refractivity contribution < 1.29 is 13.9 Å². The summed E-state index contributed by atoms with van der Waals surface area (Å²) in [5.74, 6) is 1.67. The molecule has 0 spiro atoms. The molecule has 0 unspecified atom stereocenters. The van der Waals surface area contributed by atoms with Gasteiger partial charge in [-0.15, -0.1) is 6.42 Å². The van der Waals surface area contributed by atoms with E-state index >= 15 is 0 Å². The molecule has 0 atom stereocenters. The van der Waals surface area contributed by atoms with Crippen LogP contribution in [0.5, 0.6) is 0 Å². The summed E-state index contributed by atoms with van der Waals surface area (Å²) in [7, 11) is 0. The van der Waals surface area contributed by atoms with Crippen molar-refractivity contribution >= 4 is 5.97 Å². The lowest BCUT2D eigenvalue weighted by atomic mass is 9.64. The van der Waals surface area contributed by atoms with Crippen LogP contribution < -0.4 is 0 Å². The number of benzene rings is 1. The van der Waals surface area contributed by atoms with Gasteiger partial charge >= 0.3 is 5.97 Å². The first-order valence-corrected chi connectivity index (χ1v) is 5.56. The van der Waals surface area contributed by atoms with Gasteiger partial charge in [0.05, 0.1) is 5.41 Å². The van der Waals surface area contributed by atoms with Gasteiger partial charge < -0.3 is 4.74 Å². The summed E-state index contributed by atoms with van der Waals surface area (Å²) in [5.41, 5.74) is 0.206. The van der Waals surface area contributed by atoms with Gasteiger partial charge in [0.15, 0.2) is 6.61 Å². The van der Waals surface area contributed by atoms with Gasteiger partial charge in [0.25, 0.3) is 0 Å². The molecule has 2 rings (SSSR count). The largest absolute Gasteiger partial charge is 0.452 e. The molecular formula is C14H13FO2. The Balaban J connectivity index is 2.22. The van der Waals surface area contributed by atoms with Gasteiger partial charge in [0, 0.05) is 0 Å². The minimum Gasteiger partial charge on any atom is -0.452 e. The number of hydrogen-bond acceptors (Lipinski definition) is 2. The van der Waals surface area contributed by atoms with Crippen molar-refractivity contribution in [3.8, 4) is 12.3 Å². The molecule has 0 aliphatic heterocycles. The van der Waals surface area contributed by atoms with Crippen LogP contribution >= 0.6 is 0 Å². The molecule has 1 aliphatic rings. The minimum absolute atomic E-state index is 0.0121. The molecule has 0 aromatic heterocycles. The van der Waals surface area contributed by atoms with Gasteiger partial charge in [-0.2, -0.15) is 0 Å². The third-order valence-electron chi connectivity index (χ3n) is 3.28. The molecule has 1 aromatic carbocycles. The molecule has 3 heteroatoms. The summed E-state index contributed by atoms with van der Waals surface area (Å²) < 4.78 is 17.9. The summed E-state index contributed by atoms with van der Waals surface area (Å²) >= 11 is 0. The van der Waals surface area contributed by atoms with Crippen molar-refractivity contribution in [2.45, 2.75) is 24.7 Å². The molecule has 0 amide bonds. The summed E-state index contributed by atoms with van der Waals surface area (Å²) in [6.45, 7) is -0.0121. The van der Waals surface area contributed by atoms with Crippen LogP contribution in [0, 0.1) is 18.2 Å². The molecule has 88 valence electrons. The van der Waals surface area contributed by atoms with Crippen molar-refractivity contribution in [2.75, 3.05) is 6.61 Å². The van der Waals surface area contributed by atoms with Crippen LogP contribution in [0.15, 0.2) is 24.3 Å². The average Bonchev–Trinajstić information content (AvgIpc) is 2.27. The fourth-order valence-corrected chi connectivity index (χ4v) is 2.16. The minimum atomic E-state index is -0.607. The van der Waals surface area contributed by atoms with Crippen molar-refractivity contribution in [1.29, 1.82) is 0 Å². The van der Waals surface area contributed by atoms with Crippen LogP contribution in [-0.4, -0.2) is 12.6 Å². The molecule has 0 bridgehead atoms. The van der Waals surface area contributed by atoms with E-state index in [-0.39, 0.29) is 18.4 Å². The number of ether oxygens (including phenoxy) is 1. The van der Waals surface area contributed by atoms with Gasteiger partial charge in [0.2, 0.25) is 0 Å². The molecule has 1 fully saturated rings. The first-order chi connectivity index (χ1) is 8.19. The predicted octanol–water partition coefficient (Wildman–Crippen LogP) is 2.42. The monoisotopic (exact) mass is 232 g/mol. The molecule has 0 saturated heterocycles. The van der Waals surface area contributed by atoms with E-state index in [4.69, 9.17) is 11.2 Å². The Morgan fingerprint density at radius 2 is 2.06 bits per heavy atom. The molecule has 0 N–H and O–H groups in total. The Kier molecular flexibility index (Phi) is 3.14. The highest BCUT2D eigenvalue weighted by molar-refractivity contribution is 5.84. The van der Waals surface area contributed by atoms with E-state index in [1.54, 1.807) is 12.1 Å². The van der Waals surface area contributed by atoms with Crippen LogP contribution in [-0.2, 0) is 14.9 Å². The molecule has 1 saturated carbocycles. The first-order valence-electron chi connectivity index (χ1n) is 5.56. The predicted molar refractivity (Wildman–Crippen MR) is 61.7 cm³/mol. The van der Waals surface area contributed by atoms with Crippen LogP contribution in [0.2, 0.25) is 0 Å². The topological polar surface area (TPSA) is 26.3 Å². The maximum atomic E-state index is 12.9. The van der Waals surface area contributed by atoms with Gasteiger partial charge in [-0.3, -0.25) is 4.79 Å². The standard InChI is InChI=1S/C14H13FO2/c1-2-10-17-13(16)14(8-3-9-14)11-4-6-12(15)7-5-11/h1,4-7H,3,8-10H2. The zero-order valence-electron chi connectivity index (χ0n) is 9.41. The Hall–Kier alpha value is -1.82. The zero-order chi connectivity index (χ0) is 12.3. The van der Waals surface area contributed by atoms with E-state index in [9.17, 15) is 9.18 Å². The third-order valence-corrected chi connectivity index (χ3v) is 3.28. The van der Waals surface area contributed by atoms with E-state index in [0.717, 1.165) is 24.8 Å². The molecule has 1 aliphatic carbocycles. The van der Waals surface area contributed by atoms with Crippen molar-refractivity contribution in [2.24, 2.45) is 0 Å². The number of terminal acetylenes is 1. The smallest absolute Gasteiger partial charge is 0.317 e. The summed E-state index contributed by atoms with van der Waals surface area (Å²) in [6, 6.07) is 6.02. The number of hydrogen-bond donors (Lipinski definition) is 0. The number of rotatable bonds is 3. The second-order valence-electron chi connectivity index (χ2n) is 4.22. The molecular weight excluding hydrogens is 219 g/mol. The first kappa shape index (κ1) is 11.7. The lowest BCUT2D eigenvalue weighted by molar-refractivity contribution is -0.152. The maximum absolute atomic E-state index is 12.9. The van der Waals surface area contributed by atoms with Gasteiger partial charge in [-0.1, -0.05) is 24.5 Å². The van der Waals surface area contributed by atoms with Crippen LogP contribution in [0.25, 0.3) is 0 Å². The average molecular weight is 232 g/mol. The lowest BCUT2D eigenvalue weighted by Gasteiger charge is -2.39. The van der Waals surface area contributed by atoms with E-state index in [0.29, 0.717) is 0 Å². The van der Waals surface area contributed by atoms with Crippen LogP contribution in [0.1, 0.15) is 24.8 Å². The van der Waals surface area contributed by atoms with E-state index in [1.807, 2.05) is 0 Å². The SMILES string of the molecule is C#CCOC(=O)C1(c2ccc(F)cc2)CCC1. The highest BCUT2D eigenvalue weighted by atomic mass is 19.1. The zero-order valence-corrected chi connectivity index (χ0v) is 9.41. The molecule has 0 heterocycles. The summed E-state index contributed by atoms with van der Waals surface area (Å²) in [5, 5.41) is 0. The summed E-state index contributed by atoms with van der Waals surface area (Å²) in [4.78, 5) is 12.0. The summed E-state index contributed by atoms with van der Waals surface area (Å²) in [6.07, 6.45) is 7.51. The normalized spacial score (nSPS) is 16.7. The molecule has 1 aromatic rings. The highest BCUT2D eigenvalue weighted by Gasteiger charge is 2.46.